The molecule has 0 radical (unpaired) electrons. The first-order chi connectivity index (χ1) is 18.9. The number of carbonyl (C=O) groups is 1. The van der Waals surface area contributed by atoms with Gasteiger partial charge in [-0.2, -0.15) is 0 Å². The summed E-state index contributed by atoms with van der Waals surface area (Å²) in [5.74, 6) is -0.713. The largest absolute Gasteiger partial charge is 0.325 e. The van der Waals surface area contributed by atoms with Crippen molar-refractivity contribution in [1.29, 1.82) is 0 Å². The van der Waals surface area contributed by atoms with Gasteiger partial charge < -0.3 is 5.32 Å². The van der Waals surface area contributed by atoms with Crippen molar-refractivity contribution < 1.29 is 21.6 Å². The molecule has 0 atom stereocenters. The highest BCUT2D eigenvalue weighted by Crippen LogP contribution is 2.35. The maximum Gasteiger partial charge on any atom is 0.264 e. The van der Waals surface area contributed by atoms with Crippen molar-refractivity contribution in [3.05, 3.63) is 111 Å². The van der Waals surface area contributed by atoms with Crippen molar-refractivity contribution in [2.24, 2.45) is 0 Å². The lowest BCUT2D eigenvalue weighted by molar-refractivity contribution is -0.114. The van der Waals surface area contributed by atoms with E-state index in [1.54, 1.807) is 24.3 Å². The van der Waals surface area contributed by atoms with Crippen LogP contribution < -0.4 is 14.3 Å². The van der Waals surface area contributed by atoms with E-state index in [4.69, 9.17) is 46.4 Å². The van der Waals surface area contributed by atoms with Gasteiger partial charge in [0.25, 0.3) is 20.0 Å². The molecule has 0 aliphatic carbocycles. The van der Waals surface area contributed by atoms with Gasteiger partial charge in [0.15, 0.2) is 0 Å². The average Bonchev–Trinajstić information content (AvgIpc) is 2.92. The number of hydrogen-bond donors (Lipinski definition) is 2. The van der Waals surface area contributed by atoms with Crippen LogP contribution in [0.2, 0.25) is 20.1 Å². The highest BCUT2D eigenvalue weighted by atomic mass is 35.5. The smallest absolute Gasteiger partial charge is 0.264 e. The number of nitrogens with one attached hydrogen (secondary N) is 2. The predicted molar refractivity (Wildman–Crippen MR) is 160 cm³/mol. The third-order valence-corrected chi connectivity index (χ3v) is 10.2. The van der Waals surface area contributed by atoms with Gasteiger partial charge in [0.2, 0.25) is 5.91 Å². The third kappa shape index (κ3) is 6.65. The zero-order valence-corrected chi connectivity index (χ0v) is 24.8. The minimum Gasteiger partial charge on any atom is -0.325 e. The van der Waals surface area contributed by atoms with Gasteiger partial charge in [0, 0.05) is 5.69 Å². The molecule has 14 heteroatoms. The third-order valence-electron chi connectivity index (χ3n) is 5.46. The van der Waals surface area contributed by atoms with Crippen molar-refractivity contribution in [2.75, 3.05) is 20.9 Å². The van der Waals surface area contributed by atoms with E-state index in [0.29, 0.717) is 0 Å². The molecule has 8 nitrogen and oxygen atoms in total. The number of anilines is 3. The van der Waals surface area contributed by atoms with Crippen molar-refractivity contribution in [2.45, 2.75) is 9.79 Å². The maximum atomic E-state index is 13.5. The van der Waals surface area contributed by atoms with Crippen LogP contribution in [0.1, 0.15) is 0 Å². The fourth-order valence-corrected chi connectivity index (χ4v) is 6.92. The Bertz CT molecular complexity index is 1770. The topological polar surface area (TPSA) is 113 Å². The predicted octanol–water partition coefficient (Wildman–Crippen LogP) is 6.94. The molecule has 0 fully saturated rings. The van der Waals surface area contributed by atoms with Gasteiger partial charge in [-0.3, -0.25) is 13.8 Å². The molecule has 0 unspecified atom stereocenters. The van der Waals surface area contributed by atoms with Gasteiger partial charge in [-0.1, -0.05) is 76.7 Å². The van der Waals surface area contributed by atoms with Gasteiger partial charge in [-0.25, -0.2) is 16.8 Å². The summed E-state index contributed by atoms with van der Waals surface area (Å²) in [6.07, 6.45) is 0. The van der Waals surface area contributed by atoms with Crippen molar-refractivity contribution in [3.63, 3.8) is 0 Å². The van der Waals surface area contributed by atoms with Gasteiger partial charge in [0.05, 0.1) is 41.3 Å². The van der Waals surface area contributed by atoms with Crippen LogP contribution in [0.4, 0.5) is 17.1 Å². The van der Waals surface area contributed by atoms with E-state index in [1.807, 2.05) is 0 Å². The Morgan fingerprint density at radius 3 is 1.93 bits per heavy atom. The van der Waals surface area contributed by atoms with Crippen LogP contribution in [0.25, 0.3) is 0 Å². The monoisotopic (exact) mass is 657 g/mol. The number of halogens is 4. The first-order valence-corrected chi connectivity index (χ1v) is 15.7. The van der Waals surface area contributed by atoms with E-state index in [0.717, 1.165) is 4.31 Å². The second kappa shape index (κ2) is 12.3. The standard InChI is InChI=1S/C26H19Cl4N3O5S2/c27-20-8-4-10-22(25(20)29)32-39(35,36)18-14-12-17(13-15-18)31-24(34)16-33(23-11-5-9-21(28)26(23)30)40(37,38)19-6-2-1-3-7-19/h1-15,32H,16H2,(H,31,34). The van der Waals surface area contributed by atoms with E-state index < -0.39 is 32.5 Å². The summed E-state index contributed by atoms with van der Waals surface area (Å²) in [4.78, 5) is 12.8. The molecule has 0 aromatic heterocycles. The zero-order valence-electron chi connectivity index (χ0n) is 20.2. The quantitative estimate of drug-likeness (QED) is 0.202. The van der Waals surface area contributed by atoms with Crippen LogP contribution in [0.15, 0.2) is 101 Å². The van der Waals surface area contributed by atoms with Crippen LogP contribution in [-0.4, -0.2) is 29.3 Å². The summed E-state index contributed by atoms with van der Waals surface area (Å²) < 4.78 is 55.8. The molecule has 208 valence electrons. The molecule has 0 aliphatic rings. The summed E-state index contributed by atoms with van der Waals surface area (Å²) in [6, 6.07) is 21.7. The first kappa shape index (κ1) is 30.0. The van der Waals surface area contributed by atoms with Crippen LogP contribution >= 0.6 is 46.4 Å². The summed E-state index contributed by atoms with van der Waals surface area (Å²) in [6.45, 7) is -0.647. The average molecular weight is 659 g/mol. The van der Waals surface area contributed by atoms with Crippen molar-refractivity contribution in [1.82, 2.24) is 0 Å². The molecule has 4 aromatic rings. The number of amides is 1. The molecule has 0 saturated heterocycles. The minimum absolute atomic E-state index is 0.0142. The Morgan fingerprint density at radius 1 is 0.675 bits per heavy atom. The van der Waals surface area contributed by atoms with Crippen molar-refractivity contribution in [3.8, 4) is 0 Å². The molecular formula is C26H19Cl4N3O5S2. The van der Waals surface area contributed by atoms with E-state index in [2.05, 4.69) is 10.0 Å². The number of hydrogen-bond acceptors (Lipinski definition) is 5. The van der Waals surface area contributed by atoms with Gasteiger partial charge in [-0.15, -0.1) is 0 Å². The van der Waals surface area contributed by atoms with Gasteiger partial charge in [-0.05, 0) is 60.7 Å². The molecule has 2 N–H and O–H groups in total. The fraction of sp³-hybridized carbons (Fsp3) is 0.0385. The first-order valence-electron chi connectivity index (χ1n) is 11.3. The molecule has 1 amide bonds. The highest BCUT2D eigenvalue weighted by molar-refractivity contribution is 7.93. The Balaban J connectivity index is 1.56. The Hall–Kier alpha value is -2.99. The summed E-state index contributed by atoms with van der Waals surface area (Å²) in [5.41, 5.74) is 0.338. The second-order valence-corrected chi connectivity index (χ2v) is 13.3. The number of sulfonamides is 2. The lowest BCUT2D eigenvalue weighted by Crippen LogP contribution is -2.38. The molecule has 0 heterocycles. The van der Waals surface area contributed by atoms with E-state index >= 15 is 0 Å². The Morgan fingerprint density at radius 2 is 1.27 bits per heavy atom. The van der Waals surface area contributed by atoms with Gasteiger partial charge in [0.1, 0.15) is 6.54 Å². The molecule has 0 aliphatic heterocycles. The minimum atomic E-state index is -4.22. The number of rotatable bonds is 9. The van der Waals surface area contributed by atoms with E-state index in [9.17, 15) is 21.6 Å². The fourth-order valence-electron chi connectivity index (χ4n) is 3.54. The highest BCUT2D eigenvalue weighted by Gasteiger charge is 2.29. The number of benzene rings is 4. The molecule has 0 saturated carbocycles. The summed E-state index contributed by atoms with van der Waals surface area (Å²) in [5, 5.41) is 2.87. The molecular weight excluding hydrogens is 640 g/mol. The van der Waals surface area contributed by atoms with Crippen LogP contribution in [0.3, 0.4) is 0 Å². The molecule has 0 bridgehead atoms. The molecule has 40 heavy (non-hydrogen) atoms. The van der Waals surface area contributed by atoms with E-state index in [1.165, 1.54) is 66.7 Å². The second-order valence-electron chi connectivity index (χ2n) is 8.18. The number of nitrogens with zero attached hydrogens (tertiary/aromatic N) is 1. The Labute approximate surface area is 251 Å². The SMILES string of the molecule is O=C(CN(c1cccc(Cl)c1Cl)S(=O)(=O)c1ccccc1)Nc1ccc(S(=O)(=O)Nc2cccc(Cl)c2Cl)cc1. The van der Waals surface area contributed by atoms with Crippen LogP contribution in [0, 0.1) is 0 Å². The lowest BCUT2D eigenvalue weighted by atomic mass is 10.3. The van der Waals surface area contributed by atoms with E-state index in [-0.39, 0.29) is 46.9 Å². The van der Waals surface area contributed by atoms with Gasteiger partial charge >= 0.3 is 0 Å². The zero-order chi connectivity index (χ0) is 29.1. The normalized spacial score (nSPS) is 11.6. The molecule has 4 rings (SSSR count). The number of carbonyl (C=O) groups excluding carboxylic acids is 1. The van der Waals surface area contributed by atoms with Crippen LogP contribution in [-0.2, 0) is 24.8 Å². The lowest BCUT2D eigenvalue weighted by Gasteiger charge is -2.25. The summed E-state index contributed by atoms with van der Waals surface area (Å²) >= 11 is 24.5. The molecule has 4 aromatic carbocycles. The molecule has 0 spiro atoms. The Kier molecular flexibility index (Phi) is 9.19. The van der Waals surface area contributed by atoms with Crippen LogP contribution in [0.5, 0.6) is 0 Å². The van der Waals surface area contributed by atoms with Crippen molar-refractivity contribution >= 4 is 89.4 Å². The summed E-state index contributed by atoms with van der Waals surface area (Å²) in [7, 11) is -8.25. The maximum absolute atomic E-state index is 13.5.